The molecule has 0 heterocycles. The highest BCUT2D eigenvalue weighted by Crippen LogP contribution is 2.64. The van der Waals surface area contributed by atoms with Gasteiger partial charge in [-0.3, -0.25) is 0 Å². The zero-order chi connectivity index (χ0) is 16.2. The lowest BCUT2D eigenvalue weighted by Gasteiger charge is -2.57. The zero-order valence-corrected chi connectivity index (χ0v) is 13.4. The van der Waals surface area contributed by atoms with Crippen molar-refractivity contribution in [2.75, 3.05) is 0 Å². The molecule has 2 N–H and O–H groups in total. The third-order valence-electron chi connectivity index (χ3n) is 7.97. The highest BCUT2D eigenvalue weighted by atomic mass is 16.3. The summed E-state index contributed by atoms with van der Waals surface area (Å²) < 4.78 is 14.7. The molecule has 0 unspecified atom stereocenters. The monoisotopic (exact) mass is 292 g/mol. The van der Waals surface area contributed by atoms with E-state index in [1.54, 1.807) is 5.57 Å². The van der Waals surface area contributed by atoms with Crippen molar-refractivity contribution in [3.05, 3.63) is 11.6 Å². The molecule has 2 nitrogen and oxygen atoms in total. The summed E-state index contributed by atoms with van der Waals surface area (Å²) in [6.45, 7) is 4.86. The molecule has 21 heavy (non-hydrogen) atoms. The molecule has 0 aromatic carbocycles. The van der Waals surface area contributed by atoms with Crippen LogP contribution in [0.25, 0.3) is 0 Å². The van der Waals surface area contributed by atoms with Gasteiger partial charge in [0, 0.05) is 0 Å². The van der Waals surface area contributed by atoms with Crippen LogP contribution in [0.3, 0.4) is 0 Å². The Morgan fingerprint density at radius 1 is 1.10 bits per heavy atom. The van der Waals surface area contributed by atoms with Crippen LogP contribution in [0.4, 0.5) is 0 Å². The highest BCUT2D eigenvalue weighted by Gasteiger charge is 2.58. The first-order chi connectivity index (χ1) is 11.0. The molecule has 3 saturated carbocycles. The molecule has 118 valence electrons. The lowest BCUT2D eigenvalue weighted by Crippen LogP contribution is -2.51. The maximum Gasteiger partial charge on any atom is 0.210 e. The molecule has 7 atom stereocenters. The van der Waals surface area contributed by atoms with Crippen molar-refractivity contribution in [1.29, 1.82) is 2.86 Å². The average Bonchev–Trinajstić information content (AvgIpc) is 2.90. The van der Waals surface area contributed by atoms with Crippen LogP contribution in [0.1, 0.15) is 65.2 Å². The Balaban J connectivity index is 1.63. The quantitative estimate of drug-likeness (QED) is 0.762. The Morgan fingerprint density at radius 3 is 2.81 bits per heavy atom. The van der Waals surface area contributed by atoms with Crippen molar-refractivity contribution in [2.45, 2.75) is 77.4 Å². The van der Waals surface area contributed by atoms with E-state index >= 15 is 0 Å². The summed E-state index contributed by atoms with van der Waals surface area (Å²) in [7, 11) is 0. The van der Waals surface area contributed by atoms with E-state index in [9.17, 15) is 0 Å². The van der Waals surface area contributed by atoms with E-state index in [0.29, 0.717) is 5.41 Å². The predicted octanol–water partition coefficient (Wildman–Crippen LogP) is 3.67. The maximum atomic E-state index is 7.47. The van der Waals surface area contributed by atoms with Crippen molar-refractivity contribution >= 4 is 0 Å². The van der Waals surface area contributed by atoms with Crippen LogP contribution in [0.2, 0.25) is 0 Å². The molecular weight excluding hydrogens is 260 g/mol. The van der Waals surface area contributed by atoms with Gasteiger partial charge in [0.05, 0.1) is 12.2 Å². The standard InChI is InChI=1S/C19H30O2/c1-18-9-7-13(20)11-12(18)3-4-14-15-5-6-17(21)19(15,2)10-8-16(14)18/h3,13-17,20-21H,4-11H2,1-2H3/t13-,14-,15-,16-,17-,18-,19-/m0/s1/i20D,21D. The Bertz CT molecular complexity index is 508. The maximum absolute atomic E-state index is 7.47. The van der Waals surface area contributed by atoms with Crippen LogP contribution in [-0.4, -0.2) is 25.3 Å². The highest BCUT2D eigenvalue weighted by molar-refractivity contribution is 5.25. The second-order valence-electron chi connectivity index (χ2n) is 8.73. The van der Waals surface area contributed by atoms with Crippen molar-refractivity contribution < 1.29 is 10.2 Å². The number of aliphatic hydroxyl groups excluding tert-OH is 2. The van der Waals surface area contributed by atoms with E-state index in [2.05, 4.69) is 19.9 Å². The first kappa shape index (κ1) is 12.1. The van der Waals surface area contributed by atoms with Gasteiger partial charge in [0.15, 0.2) is 0 Å². The van der Waals surface area contributed by atoms with Crippen molar-refractivity contribution in [2.24, 2.45) is 28.6 Å². The largest absolute Gasteiger partial charge is 0.393 e. The van der Waals surface area contributed by atoms with Gasteiger partial charge in [0.25, 0.3) is 0 Å². The summed E-state index contributed by atoms with van der Waals surface area (Å²) in [5, 5.41) is 10.0. The Labute approximate surface area is 131 Å². The summed E-state index contributed by atoms with van der Waals surface area (Å²) >= 11 is 0. The third kappa shape index (κ3) is 1.84. The van der Waals surface area contributed by atoms with Crippen molar-refractivity contribution in [3.63, 3.8) is 0 Å². The zero-order valence-electron chi connectivity index (χ0n) is 15.4. The van der Waals surface area contributed by atoms with Gasteiger partial charge in [-0.1, -0.05) is 25.5 Å². The molecule has 4 aliphatic carbocycles. The molecule has 0 aromatic heterocycles. The van der Waals surface area contributed by atoms with Gasteiger partial charge < -0.3 is 10.2 Å². The molecule has 2 heteroatoms. The van der Waals surface area contributed by atoms with E-state index in [1.807, 2.05) is 0 Å². The minimum atomic E-state index is 0.104. The number of allylic oxidation sites excluding steroid dienone is 1. The fraction of sp³-hybridized carbons (Fsp3) is 0.895. The van der Waals surface area contributed by atoms with Crippen LogP contribution >= 0.6 is 0 Å². The van der Waals surface area contributed by atoms with Gasteiger partial charge in [-0.25, -0.2) is 0 Å². The van der Waals surface area contributed by atoms with Crippen LogP contribution < -0.4 is 0 Å². The molecule has 0 amide bonds. The Hall–Kier alpha value is -0.340. The van der Waals surface area contributed by atoms with Crippen LogP contribution in [0.5, 0.6) is 0 Å². The lowest BCUT2D eigenvalue weighted by atomic mass is 9.48. The molecule has 3 fully saturated rings. The number of aliphatic hydroxyl groups is 2. The smallest absolute Gasteiger partial charge is 0.210 e. The second-order valence-corrected chi connectivity index (χ2v) is 8.73. The molecule has 0 saturated heterocycles. The SMILES string of the molecule is [2H]O[C@H]1CC[C@@]2(C)C(=CC[C@H]3[C@@H]4CC[C@H](O[2H])[C@@]4(C)CC[C@@H]32)C1. The molecule has 4 rings (SSSR count). The summed E-state index contributed by atoms with van der Waals surface area (Å²) in [4.78, 5) is 0. The number of fused-ring (bicyclic) bond motifs is 5. The first-order valence-corrected chi connectivity index (χ1v) is 8.96. The number of rotatable bonds is 2. The van der Waals surface area contributed by atoms with Gasteiger partial charge in [-0.05, 0) is 80.0 Å². The van der Waals surface area contributed by atoms with Crippen LogP contribution in [-0.2, 0) is 0 Å². The van der Waals surface area contributed by atoms with Crippen molar-refractivity contribution in [3.8, 4) is 0 Å². The van der Waals surface area contributed by atoms with Crippen molar-refractivity contribution in [1.82, 2.24) is 0 Å². The van der Waals surface area contributed by atoms with Gasteiger partial charge in [0.2, 0.25) is 2.86 Å². The van der Waals surface area contributed by atoms with Crippen LogP contribution in [0.15, 0.2) is 11.6 Å². The minimum absolute atomic E-state index is 0.104. The normalized spacial score (nSPS) is 57.4. The van der Waals surface area contributed by atoms with Gasteiger partial charge in [0.1, 0.15) is 0 Å². The average molecular weight is 292 g/mol. The molecule has 0 aromatic rings. The molecule has 0 bridgehead atoms. The van der Waals surface area contributed by atoms with E-state index < -0.39 is 0 Å². The summed E-state index contributed by atoms with van der Waals surface area (Å²) in [6.07, 6.45) is 11.9. The lowest BCUT2D eigenvalue weighted by molar-refractivity contribution is -0.0711. The summed E-state index contributed by atoms with van der Waals surface area (Å²) in [5.41, 5.74) is 2.10. The fourth-order valence-corrected chi connectivity index (χ4v) is 6.58. The molecular formula is C19H30O2. The summed E-state index contributed by atoms with van der Waals surface area (Å²) in [5.74, 6) is 2.25. The second kappa shape index (κ2) is 4.58. The van der Waals surface area contributed by atoms with E-state index in [-0.39, 0.29) is 17.6 Å². The predicted molar refractivity (Wildman–Crippen MR) is 83.7 cm³/mol. The molecule has 0 aliphatic heterocycles. The first-order valence-electron chi connectivity index (χ1n) is 9.78. The van der Waals surface area contributed by atoms with E-state index in [1.165, 1.54) is 32.1 Å². The van der Waals surface area contributed by atoms with Crippen LogP contribution in [0, 0.1) is 28.6 Å². The minimum Gasteiger partial charge on any atom is -0.393 e. The fourth-order valence-electron chi connectivity index (χ4n) is 6.58. The molecule has 4 aliphatic rings. The van der Waals surface area contributed by atoms with E-state index in [4.69, 9.17) is 13.1 Å². The molecule has 0 radical (unpaired) electrons. The third-order valence-corrected chi connectivity index (χ3v) is 7.97. The number of hydrogen-bond acceptors (Lipinski definition) is 2. The van der Waals surface area contributed by atoms with Gasteiger partial charge in [-0.15, -0.1) is 0 Å². The Kier molecular flexibility index (Phi) is 2.65. The number of hydrogen-bond donors (Lipinski definition) is 2. The topological polar surface area (TPSA) is 40.5 Å². The Morgan fingerprint density at radius 2 is 2.00 bits per heavy atom. The van der Waals surface area contributed by atoms with Gasteiger partial charge in [-0.2, -0.15) is 0 Å². The van der Waals surface area contributed by atoms with Gasteiger partial charge >= 0.3 is 0 Å². The summed E-state index contributed by atoms with van der Waals surface area (Å²) in [6, 6.07) is 0. The molecule has 0 spiro atoms. The van der Waals surface area contributed by atoms with E-state index in [0.717, 1.165) is 37.0 Å².